The second-order valence-corrected chi connectivity index (χ2v) is 4.90. The molecule has 1 aromatic rings. The van der Waals surface area contributed by atoms with Crippen molar-refractivity contribution in [1.29, 1.82) is 0 Å². The van der Waals surface area contributed by atoms with Gasteiger partial charge in [0.15, 0.2) is 5.84 Å². The molecule has 0 saturated carbocycles. The van der Waals surface area contributed by atoms with Crippen LogP contribution in [0.1, 0.15) is 36.8 Å². The van der Waals surface area contributed by atoms with Gasteiger partial charge >= 0.3 is 0 Å². The Morgan fingerprint density at radius 1 is 1.47 bits per heavy atom. The predicted molar refractivity (Wildman–Crippen MR) is 66.5 cm³/mol. The highest BCUT2D eigenvalue weighted by Crippen LogP contribution is 2.26. The molecular formula is C13H14N3O3-. The molecule has 0 bridgehead atoms. The monoisotopic (exact) mass is 260 g/mol. The molecule has 0 radical (unpaired) electrons. The Morgan fingerprint density at radius 3 is 2.68 bits per heavy atom. The first-order chi connectivity index (χ1) is 8.86. The number of hydrogen-bond acceptors (Lipinski definition) is 5. The number of carbonyl (C=O) groups is 2. The lowest BCUT2D eigenvalue weighted by atomic mass is 9.89. The molecule has 1 aromatic heterocycles. The van der Waals surface area contributed by atoms with Crippen LogP contribution < -0.4 is 10.4 Å². The summed E-state index contributed by atoms with van der Waals surface area (Å²) in [6.45, 7) is 5.47. The van der Waals surface area contributed by atoms with Crippen molar-refractivity contribution in [2.24, 2.45) is 10.9 Å². The molecule has 1 atom stereocenters. The Kier molecular flexibility index (Phi) is 3.09. The molecule has 0 spiro atoms. The van der Waals surface area contributed by atoms with Crippen molar-refractivity contribution in [2.75, 3.05) is 0 Å². The molecule has 19 heavy (non-hydrogen) atoms. The van der Waals surface area contributed by atoms with E-state index in [9.17, 15) is 14.7 Å². The number of aromatic carboxylic acids is 1. The molecule has 0 saturated heterocycles. The van der Waals surface area contributed by atoms with E-state index in [2.05, 4.69) is 15.3 Å². The van der Waals surface area contributed by atoms with Gasteiger partial charge in [-0.25, -0.2) is 4.99 Å². The van der Waals surface area contributed by atoms with Crippen molar-refractivity contribution < 1.29 is 14.7 Å². The van der Waals surface area contributed by atoms with E-state index in [1.807, 2.05) is 13.8 Å². The summed E-state index contributed by atoms with van der Waals surface area (Å²) in [6.07, 6.45) is 1.45. The van der Waals surface area contributed by atoms with E-state index in [-0.39, 0.29) is 28.9 Å². The number of carboxylic acids is 1. The van der Waals surface area contributed by atoms with E-state index in [1.165, 1.54) is 18.3 Å². The summed E-state index contributed by atoms with van der Waals surface area (Å²) in [7, 11) is 0. The van der Waals surface area contributed by atoms with E-state index in [0.717, 1.165) is 0 Å². The zero-order chi connectivity index (χ0) is 14.2. The molecule has 0 unspecified atom stereocenters. The molecule has 100 valence electrons. The standard InChI is InChI=1S/C13H15N3O3/c1-7(2)13(3)12(19)15-10(16-13)9-8(11(17)18)5-4-6-14-9/h4-7H,1-3H3,(H,17,18)(H,15,16,19)/p-1/t13-/m0/s1. The second kappa shape index (κ2) is 4.46. The maximum Gasteiger partial charge on any atom is 0.253 e. The fourth-order valence-corrected chi connectivity index (χ4v) is 1.81. The first-order valence-corrected chi connectivity index (χ1v) is 5.94. The number of pyridine rings is 1. The molecule has 6 heteroatoms. The summed E-state index contributed by atoms with van der Waals surface area (Å²) < 4.78 is 0. The SMILES string of the molecule is CC(C)[C@]1(C)N=C(c2ncccc2C(=O)[O-])NC1=O. The number of carbonyl (C=O) groups excluding carboxylic acids is 2. The average molecular weight is 260 g/mol. The van der Waals surface area contributed by atoms with Gasteiger partial charge in [-0.2, -0.15) is 0 Å². The number of amidine groups is 1. The molecular weight excluding hydrogens is 246 g/mol. The van der Waals surface area contributed by atoms with Crippen LogP contribution in [0.3, 0.4) is 0 Å². The highest BCUT2D eigenvalue weighted by Gasteiger charge is 2.42. The molecule has 1 aliphatic rings. The van der Waals surface area contributed by atoms with Crippen molar-refractivity contribution in [3.63, 3.8) is 0 Å². The Morgan fingerprint density at radius 2 is 2.16 bits per heavy atom. The molecule has 0 fully saturated rings. The largest absolute Gasteiger partial charge is 0.545 e. The van der Waals surface area contributed by atoms with Gasteiger partial charge in [0.25, 0.3) is 5.91 Å². The highest BCUT2D eigenvalue weighted by molar-refractivity contribution is 6.17. The number of amides is 1. The summed E-state index contributed by atoms with van der Waals surface area (Å²) in [5.74, 6) is -1.44. The number of nitrogens with one attached hydrogen (secondary N) is 1. The van der Waals surface area contributed by atoms with Gasteiger partial charge in [0.05, 0.1) is 5.97 Å². The minimum atomic E-state index is -1.35. The second-order valence-electron chi connectivity index (χ2n) is 4.90. The zero-order valence-electron chi connectivity index (χ0n) is 10.9. The van der Waals surface area contributed by atoms with Crippen LogP contribution in [0.5, 0.6) is 0 Å². The first-order valence-electron chi connectivity index (χ1n) is 5.94. The lowest BCUT2D eigenvalue weighted by Crippen LogP contribution is -2.41. The fourth-order valence-electron chi connectivity index (χ4n) is 1.81. The topological polar surface area (TPSA) is 94.5 Å². The molecule has 1 N–H and O–H groups in total. The van der Waals surface area contributed by atoms with Crippen LogP contribution in [0.2, 0.25) is 0 Å². The summed E-state index contributed by atoms with van der Waals surface area (Å²) in [4.78, 5) is 31.3. The third-order valence-corrected chi connectivity index (χ3v) is 3.41. The zero-order valence-corrected chi connectivity index (χ0v) is 10.9. The van der Waals surface area contributed by atoms with Gasteiger partial charge in [0, 0.05) is 11.8 Å². The highest BCUT2D eigenvalue weighted by atomic mass is 16.4. The molecule has 0 aliphatic carbocycles. The molecule has 1 aliphatic heterocycles. The van der Waals surface area contributed by atoms with Crippen molar-refractivity contribution in [2.45, 2.75) is 26.3 Å². The van der Waals surface area contributed by atoms with Gasteiger partial charge in [-0.05, 0) is 25.0 Å². The normalized spacial score (nSPS) is 22.3. The number of nitrogens with zero attached hydrogens (tertiary/aromatic N) is 2. The molecule has 6 nitrogen and oxygen atoms in total. The van der Waals surface area contributed by atoms with Crippen molar-refractivity contribution in [1.82, 2.24) is 10.3 Å². The van der Waals surface area contributed by atoms with E-state index >= 15 is 0 Å². The molecule has 1 amide bonds. The van der Waals surface area contributed by atoms with E-state index < -0.39 is 11.5 Å². The van der Waals surface area contributed by atoms with Crippen LogP contribution in [-0.4, -0.2) is 28.2 Å². The smallest absolute Gasteiger partial charge is 0.253 e. The van der Waals surface area contributed by atoms with Crippen molar-refractivity contribution in [3.8, 4) is 0 Å². The van der Waals surface area contributed by atoms with Crippen LogP contribution in [0.4, 0.5) is 0 Å². The number of hydrogen-bond donors (Lipinski definition) is 1. The Hall–Kier alpha value is -2.24. The van der Waals surface area contributed by atoms with Crippen LogP contribution >= 0.6 is 0 Å². The molecule has 0 aromatic carbocycles. The Bertz CT molecular complexity index is 580. The number of aromatic nitrogens is 1. The number of rotatable bonds is 3. The van der Waals surface area contributed by atoms with Gasteiger partial charge in [-0.3, -0.25) is 9.78 Å². The molecule has 2 heterocycles. The quantitative estimate of drug-likeness (QED) is 0.809. The van der Waals surface area contributed by atoms with Gasteiger partial charge < -0.3 is 15.2 Å². The van der Waals surface area contributed by atoms with Gasteiger partial charge in [0.2, 0.25) is 0 Å². The van der Waals surface area contributed by atoms with Gasteiger partial charge in [-0.1, -0.05) is 13.8 Å². The molecule has 2 rings (SSSR count). The predicted octanol–water partition coefficient (Wildman–Crippen LogP) is -0.264. The first kappa shape index (κ1) is 13.2. The summed E-state index contributed by atoms with van der Waals surface area (Å²) >= 11 is 0. The van der Waals surface area contributed by atoms with E-state index in [1.54, 1.807) is 6.92 Å². The van der Waals surface area contributed by atoms with E-state index in [0.29, 0.717) is 0 Å². The van der Waals surface area contributed by atoms with Crippen LogP contribution in [-0.2, 0) is 4.79 Å². The summed E-state index contributed by atoms with van der Waals surface area (Å²) in [5.41, 5.74) is -0.870. The lowest BCUT2D eigenvalue weighted by molar-refractivity contribution is -0.255. The Labute approximate surface area is 110 Å². The number of aliphatic imine (C=N–C) groups is 1. The van der Waals surface area contributed by atoms with Crippen LogP contribution in [0.15, 0.2) is 23.3 Å². The fraction of sp³-hybridized carbons (Fsp3) is 0.385. The Balaban J connectivity index is 2.51. The third kappa shape index (κ3) is 2.09. The summed E-state index contributed by atoms with van der Waals surface area (Å²) in [6, 6.07) is 2.87. The summed E-state index contributed by atoms with van der Waals surface area (Å²) in [5, 5.41) is 13.6. The van der Waals surface area contributed by atoms with Crippen LogP contribution in [0.25, 0.3) is 0 Å². The number of carboxylic acid groups (broad SMARTS) is 1. The van der Waals surface area contributed by atoms with Crippen molar-refractivity contribution >= 4 is 17.7 Å². The maximum atomic E-state index is 12.0. The van der Waals surface area contributed by atoms with Crippen molar-refractivity contribution in [3.05, 3.63) is 29.6 Å². The van der Waals surface area contributed by atoms with Gasteiger partial charge in [0.1, 0.15) is 11.2 Å². The minimum Gasteiger partial charge on any atom is -0.545 e. The van der Waals surface area contributed by atoms with Crippen LogP contribution in [0, 0.1) is 5.92 Å². The van der Waals surface area contributed by atoms with E-state index in [4.69, 9.17) is 0 Å². The maximum absolute atomic E-state index is 12.0. The average Bonchev–Trinajstić information content (AvgIpc) is 2.67. The minimum absolute atomic E-state index is 0.0138. The van der Waals surface area contributed by atoms with Gasteiger partial charge in [-0.15, -0.1) is 0 Å². The lowest BCUT2D eigenvalue weighted by Gasteiger charge is -2.21. The third-order valence-electron chi connectivity index (χ3n) is 3.41.